The zero-order chi connectivity index (χ0) is 15.6. The van der Waals surface area contributed by atoms with Gasteiger partial charge in [-0.25, -0.2) is 4.98 Å². The Hall–Kier alpha value is -2.37. The van der Waals surface area contributed by atoms with Gasteiger partial charge in [-0.15, -0.1) is 11.3 Å². The molecule has 4 rings (SSSR count). The van der Waals surface area contributed by atoms with Crippen molar-refractivity contribution < 1.29 is 9.47 Å². The molecular formula is C18H16N2O2S. The lowest BCUT2D eigenvalue weighted by Crippen LogP contribution is -2.15. The fourth-order valence-corrected chi connectivity index (χ4v) is 3.36. The molecule has 23 heavy (non-hydrogen) atoms. The number of rotatable bonds is 3. The van der Waals surface area contributed by atoms with Gasteiger partial charge < -0.3 is 15.2 Å². The standard InChI is InChI=1S/C18H16N2O2S/c19-10-12-1-3-13(4-2-12)18-20-15(11-23-18)14-5-6-16-17(9-14)22-8-7-21-16/h1-6,9,11H,7-8,10,19H2. The van der Waals surface area contributed by atoms with Crippen molar-refractivity contribution in [2.75, 3.05) is 13.2 Å². The SMILES string of the molecule is NCc1ccc(-c2nc(-c3ccc4c(c3)OCCO4)cs2)cc1. The van der Waals surface area contributed by atoms with Gasteiger partial charge in [0.1, 0.15) is 18.2 Å². The van der Waals surface area contributed by atoms with E-state index in [-0.39, 0.29) is 0 Å². The molecule has 0 bridgehead atoms. The van der Waals surface area contributed by atoms with E-state index in [1.807, 2.05) is 30.3 Å². The molecule has 3 aromatic rings. The molecule has 2 N–H and O–H groups in total. The number of hydrogen-bond donors (Lipinski definition) is 1. The monoisotopic (exact) mass is 324 g/mol. The first-order chi connectivity index (χ1) is 11.3. The Kier molecular flexibility index (Phi) is 3.73. The van der Waals surface area contributed by atoms with Crippen LogP contribution in [0.25, 0.3) is 21.8 Å². The number of thiazole rings is 1. The summed E-state index contributed by atoms with van der Waals surface area (Å²) in [5.41, 5.74) is 9.86. The number of ether oxygens (including phenoxy) is 2. The fourth-order valence-electron chi connectivity index (χ4n) is 2.53. The molecule has 0 atom stereocenters. The lowest BCUT2D eigenvalue weighted by molar-refractivity contribution is 0.171. The zero-order valence-electron chi connectivity index (χ0n) is 12.5. The van der Waals surface area contributed by atoms with E-state index in [1.54, 1.807) is 11.3 Å². The van der Waals surface area contributed by atoms with Crippen LogP contribution in [0.2, 0.25) is 0 Å². The molecule has 0 amide bonds. The molecule has 4 nitrogen and oxygen atoms in total. The second-order valence-corrected chi connectivity index (χ2v) is 6.16. The number of nitrogens with two attached hydrogens (primary N) is 1. The predicted octanol–water partition coefficient (Wildman–Crippen LogP) is 3.71. The van der Waals surface area contributed by atoms with Gasteiger partial charge in [-0.3, -0.25) is 0 Å². The molecule has 1 aromatic heterocycles. The molecule has 1 aliphatic heterocycles. The van der Waals surface area contributed by atoms with Crippen LogP contribution in [-0.4, -0.2) is 18.2 Å². The van der Waals surface area contributed by atoms with Crippen LogP contribution in [0.3, 0.4) is 0 Å². The fraction of sp³-hybridized carbons (Fsp3) is 0.167. The quantitative estimate of drug-likeness (QED) is 0.798. The van der Waals surface area contributed by atoms with Gasteiger partial charge in [0, 0.05) is 23.1 Å². The third-order valence-electron chi connectivity index (χ3n) is 3.78. The van der Waals surface area contributed by atoms with Gasteiger partial charge in [-0.05, 0) is 23.8 Å². The summed E-state index contributed by atoms with van der Waals surface area (Å²) in [6.07, 6.45) is 0. The molecule has 0 aliphatic carbocycles. The summed E-state index contributed by atoms with van der Waals surface area (Å²) in [5.74, 6) is 1.59. The molecule has 5 heteroatoms. The smallest absolute Gasteiger partial charge is 0.162 e. The molecule has 116 valence electrons. The van der Waals surface area contributed by atoms with Crippen molar-refractivity contribution in [3.8, 4) is 33.3 Å². The molecule has 0 saturated heterocycles. The van der Waals surface area contributed by atoms with Crippen LogP contribution in [0, 0.1) is 0 Å². The lowest BCUT2D eigenvalue weighted by atomic mass is 10.1. The minimum absolute atomic E-state index is 0.556. The van der Waals surface area contributed by atoms with Gasteiger partial charge in [0.25, 0.3) is 0 Å². The van der Waals surface area contributed by atoms with Gasteiger partial charge in [0.15, 0.2) is 11.5 Å². The summed E-state index contributed by atoms with van der Waals surface area (Å²) >= 11 is 1.63. The molecule has 0 unspecified atom stereocenters. The number of aromatic nitrogens is 1. The van der Waals surface area contributed by atoms with Crippen molar-refractivity contribution in [1.29, 1.82) is 0 Å². The van der Waals surface area contributed by atoms with E-state index in [1.165, 1.54) is 0 Å². The molecule has 2 heterocycles. The average Bonchev–Trinajstić information content (AvgIpc) is 3.11. The molecule has 0 fully saturated rings. The second-order valence-electron chi connectivity index (χ2n) is 5.30. The van der Waals surface area contributed by atoms with Crippen molar-refractivity contribution in [3.63, 3.8) is 0 Å². The highest BCUT2D eigenvalue weighted by atomic mass is 32.1. The second kappa shape index (κ2) is 6.02. The summed E-state index contributed by atoms with van der Waals surface area (Å²) < 4.78 is 11.2. The van der Waals surface area contributed by atoms with E-state index in [9.17, 15) is 0 Å². The highest BCUT2D eigenvalue weighted by molar-refractivity contribution is 7.13. The van der Waals surface area contributed by atoms with Crippen LogP contribution in [0.5, 0.6) is 11.5 Å². The number of nitrogens with zero attached hydrogens (tertiary/aromatic N) is 1. The van der Waals surface area contributed by atoms with E-state index in [0.29, 0.717) is 19.8 Å². The Morgan fingerprint density at radius 1 is 0.957 bits per heavy atom. The maximum Gasteiger partial charge on any atom is 0.162 e. The highest BCUT2D eigenvalue weighted by Gasteiger charge is 2.14. The van der Waals surface area contributed by atoms with E-state index < -0.39 is 0 Å². The minimum Gasteiger partial charge on any atom is -0.486 e. The Morgan fingerprint density at radius 2 is 1.70 bits per heavy atom. The molecular weight excluding hydrogens is 308 g/mol. The Balaban J connectivity index is 1.64. The van der Waals surface area contributed by atoms with Crippen LogP contribution >= 0.6 is 11.3 Å². The maximum absolute atomic E-state index is 5.64. The molecule has 2 aromatic carbocycles. The Labute approximate surface area is 138 Å². The van der Waals surface area contributed by atoms with Crippen molar-refractivity contribution in [2.45, 2.75) is 6.54 Å². The van der Waals surface area contributed by atoms with E-state index in [4.69, 9.17) is 20.2 Å². The van der Waals surface area contributed by atoms with E-state index >= 15 is 0 Å². The topological polar surface area (TPSA) is 57.4 Å². The number of hydrogen-bond acceptors (Lipinski definition) is 5. The molecule has 1 aliphatic rings. The van der Waals surface area contributed by atoms with Crippen molar-refractivity contribution in [1.82, 2.24) is 4.98 Å². The van der Waals surface area contributed by atoms with Gasteiger partial charge in [-0.1, -0.05) is 24.3 Å². The van der Waals surface area contributed by atoms with Gasteiger partial charge >= 0.3 is 0 Å². The first kappa shape index (κ1) is 14.2. The number of benzene rings is 2. The highest BCUT2D eigenvalue weighted by Crippen LogP contribution is 2.36. The summed E-state index contributed by atoms with van der Waals surface area (Å²) in [6.45, 7) is 1.75. The summed E-state index contributed by atoms with van der Waals surface area (Å²) in [6, 6.07) is 14.2. The van der Waals surface area contributed by atoms with Gasteiger partial charge in [0.2, 0.25) is 0 Å². The molecule has 0 saturated carbocycles. The van der Waals surface area contributed by atoms with Crippen LogP contribution < -0.4 is 15.2 Å². The van der Waals surface area contributed by atoms with Crippen molar-refractivity contribution in [3.05, 3.63) is 53.4 Å². The normalized spacial score (nSPS) is 13.1. The van der Waals surface area contributed by atoms with E-state index in [0.717, 1.165) is 38.9 Å². The Morgan fingerprint density at radius 3 is 2.48 bits per heavy atom. The van der Waals surface area contributed by atoms with Crippen molar-refractivity contribution >= 4 is 11.3 Å². The zero-order valence-corrected chi connectivity index (χ0v) is 13.3. The molecule has 0 radical (unpaired) electrons. The first-order valence-corrected chi connectivity index (χ1v) is 8.36. The molecule has 0 spiro atoms. The van der Waals surface area contributed by atoms with E-state index in [2.05, 4.69) is 17.5 Å². The third kappa shape index (κ3) is 2.81. The summed E-state index contributed by atoms with van der Waals surface area (Å²) in [5, 5.41) is 3.07. The maximum atomic E-state index is 5.64. The summed E-state index contributed by atoms with van der Waals surface area (Å²) in [7, 11) is 0. The van der Waals surface area contributed by atoms with Crippen LogP contribution in [-0.2, 0) is 6.54 Å². The lowest BCUT2D eigenvalue weighted by Gasteiger charge is -2.18. The van der Waals surface area contributed by atoms with Crippen LogP contribution in [0.4, 0.5) is 0 Å². The summed E-state index contributed by atoms with van der Waals surface area (Å²) in [4.78, 5) is 4.75. The van der Waals surface area contributed by atoms with Gasteiger partial charge in [-0.2, -0.15) is 0 Å². The van der Waals surface area contributed by atoms with Crippen LogP contribution in [0.1, 0.15) is 5.56 Å². The predicted molar refractivity (Wildman–Crippen MR) is 91.9 cm³/mol. The minimum atomic E-state index is 0.556. The average molecular weight is 324 g/mol. The Bertz CT molecular complexity index is 827. The first-order valence-electron chi connectivity index (χ1n) is 7.48. The van der Waals surface area contributed by atoms with Gasteiger partial charge in [0.05, 0.1) is 5.69 Å². The third-order valence-corrected chi connectivity index (χ3v) is 4.67. The van der Waals surface area contributed by atoms with Crippen LogP contribution in [0.15, 0.2) is 47.8 Å². The number of fused-ring (bicyclic) bond motifs is 1. The van der Waals surface area contributed by atoms with Crippen molar-refractivity contribution in [2.24, 2.45) is 5.73 Å². The largest absolute Gasteiger partial charge is 0.486 e.